The van der Waals surface area contributed by atoms with E-state index in [0.717, 1.165) is 41.8 Å². The lowest BCUT2D eigenvalue weighted by atomic mass is 9.52. The van der Waals surface area contributed by atoms with Crippen molar-refractivity contribution in [3.8, 4) is 0 Å². The van der Waals surface area contributed by atoms with Crippen molar-refractivity contribution in [1.82, 2.24) is 4.98 Å². The lowest BCUT2D eigenvalue weighted by Gasteiger charge is -2.54. The Kier molecular flexibility index (Phi) is 3.18. The van der Waals surface area contributed by atoms with Crippen LogP contribution in [0.2, 0.25) is 0 Å². The number of rotatable bonds is 4. The Hall–Kier alpha value is -1.09. The van der Waals surface area contributed by atoms with Gasteiger partial charge in [-0.15, -0.1) is 0 Å². The molecule has 0 saturated heterocycles. The van der Waals surface area contributed by atoms with Gasteiger partial charge in [-0.3, -0.25) is 0 Å². The second-order valence-corrected chi connectivity index (χ2v) is 7.20. The number of hydrogen-bond donors (Lipinski definition) is 1. The fourth-order valence-electron chi connectivity index (χ4n) is 5.14. The average molecular weight is 272 g/mol. The topological polar surface area (TPSA) is 48.1 Å². The predicted molar refractivity (Wildman–Crippen MR) is 78.8 cm³/mol. The van der Waals surface area contributed by atoms with E-state index in [2.05, 4.69) is 4.98 Å². The first-order valence-electron chi connectivity index (χ1n) is 8.06. The average Bonchev–Trinajstić information content (AvgIpc) is 2.43. The fraction of sp³-hybridized carbons (Fsp3) is 0.706. The molecule has 0 amide bonds. The summed E-state index contributed by atoms with van der Waals surface area (Å²) < 4.78 is 6.00. The van der Waals surface area contributed by atoms with E-state index in [1.54, 1.807) is 0 Å². The van der Waals surface area contributed by atoms with Gasteiger partial charge in [0, 0.05) is 6.20 Å². The monoisotopic (exact) mass is 272 g/mol. The molecule has 1 heterocycles. The second kappa shape index (κ2) is 5.03. The maximum atomic E-state index is 6.00. The molecule has 20 heavy (non-hydrogen) atoms. The molecule has 4 saturated carbocycles. The first-order chi connectivity index (χ1) is 9.78. The normalized spacial score (nSPS) is 38.3. The zero-order valence-corrected chi connectivity index (χ0v) is 12.0. The predicted octanol–water partition coefficient (Wildman–Crippen LogP) is 3.25. The van der Waals surface area contributed by atoms with Crippen LogP contribution in [-0.4, -0.2) is 11.6 Å². The molecule has 0 spiro atoms. The molecular formula is C17H24N2O. The quantitative estimate of drug-likeness (QED) is 0.915. The van der Waals surface area contributed by atoms with Crippen molar-refractivity contribution in [1.29, 1.82) is 0 Å². The largest absolute Gasteiger partial charge is 0.384 e. The third-order valence-electron chi connectivity index (χ3n) is 5.85. The van der Waals surface area contributed by atoms with Gasteiger partial charge in [0.05, 0.1) is 13.2 Å². The van der Waals surface area contributed by atoms with E-state index in [9.17, 15) is 0 Å². The van der Waals surface area contributed by atoms with Crippen molar-refractivity contribution < 1.29 is 4.74 Å². The molecule has 0 atom stereocenters. The van der Waals surface area contributed by atoms with Gasteiger partial charge >= 0.3 is 0 Å². The lowest BCUT2D eigenvalue weighted by molar-refractivity contribution is -0.0742. The minimum atomic E-state index is 0.579. The third kappa shape index (κ3) is 2.32. The Balaban J connectivity index is 1.32. The Morgan fingerprint density at radius 3 is 2.35 bits per heavy atom. The number of hydrogen-bond acceptors (Lipinski definition) is 3. The van der Waals surface area contributed by atoms with E-state index in [4.69, 9.17) is 10.5 Å². The summed E-state index contributed by atoms with van der Waals surface area (Å²) in [5.41, 5.74) is 6.73. The minimum absolute atomic E-state index is 0.579. The van der Waals surface area contributed by atoms with Gasteiger partial charge in [0.2, 0.25) is 0 Å². The van der Waals surface area contributed by atoms with Crippen molar-refractivity contribution in [2.75, 3.05) is 12.3 Å². The van der Waals surface area contributed by atoms with Crippen LogP contribution in [0.25, 0.3) is 0 Å². The summed E-state index contributed by atoms with van der Waals surface area (Å²) >= 11 is 0. The number of nitrogen functional groups attached to an aromatic ring is 1. The zero-order valence-electron chi connectivity index (χ0n) is 12.0. The molecule has 108 valence electrons. The summed E-state index contributed by atoms with van der Waals surface area (Å²) in [5.74, 6) is 5.41. The van der Waals surface area contributed by atoms with Crippen molar-refractivity contribution >= 4 is 5.82 Å². The van der Waals surface area contributed by atoms with Gasteiger partial charge in [-0.25, -0.2) is 4.98 Å². The molecule has 3 nitrogen and oxygen atoms in total. The highest BCUT2D eigenvalue weighted by atomic mass is 16.5. The number of ether oxygens (including phenoxy) is 1. The summed E-state index contributed by atoms with van der Waals surface area (Å²) in [5, 5.41) is 0. The Morgan fingerprint density at radius 1 is 1.05 bits per heavy atom. The molecule has 4 bridgehead atoms. The molecule has 1 aromatic rings. The van der Waals surface area contributed by atoms with Gasteiger partial charge < -0.3 is 10.5 Å². The second-order valence-electron chi connectivity index (χ2n) is 7.20. The van der Waals surface area contributed by atoms with Gasteiger partial charge in [0.15, 0.2) is 0 Å². The minimum Gasteiger partial charge on any atom is -0.384 e. The van der Waals surface area contributed by atoms with Crippen LogP contribution in [0.1, 0.15) is 37.7 Å². The molecule has 4 aliphatic carbocycles. The smallest absolute Gasteiger partial charge is 0.123 e. The molecule has 5 rings (SSSR count). The maximum absolute atomic E-state index is 6.00. The highest BCUT2D eigenvalue weighted by molar-refractivity contribution is 5.28. The molecule has 0 aliphatic heterocycles. The molecule has 0 aromatic carbocycles. The van der Waals surface area contributed by atoms with Crippen LogP contribution in [0.3, 0.4) is 0 Å². The summed E-state index contributed by atoms with van der Waals surface area (Å²) in [6.45, 7) is 1.62. The van der Waals surface area contributed by atoms with Gasteiger partial charge in [-0.05, 0) is 73.3 Å². The number of nitrogens with two attached hydrogens (primary N) is 1. The van der Waals surface area contributed by atoms with Crippen LogP contribution in [0.4, 0.5) is 5.82 Å². The fourth-order valence-corrected chi connectivity index (χ4v) is 5.14. The highest BCUT2D eigenvalue weighted by Gasteiger charge is 2.47. The number of anilines is 1. The molecule has 1 aromatic heterocycles. The van der Waals surface area contributed by atoms with Crippen molar-refractivity contribution in [2.45, 2.75) is 38.7 Å². The number of aromatic nitrogens is 1. The van der Waals surface area contributed by atoms with E-state index in [1.807, 2.05) is 18.3 Å². The number of nitrogens with zero attached hydrogens (tertiary/aromatic N) is 1. The molecule has 0 unspecified atom stereocenters. The van der Waals surface area contributed by atoms with Crippen LogP contribution in [0.15, 0.2) is 18.3 Å². The Labute approximate surface area is 120 Å². The molecule has 4 fully saturated rings. The maximum Gasteiger partial charge on any atom is 0.123 e. The first-order valence-corrected chi connectivity index (χ1v) is 8.06. The molecule has 3 heteroatoms. The molecule has 4 aliphatic rings. The van der Waals surface area contributed by atoms with E-state index in [0.29, 0.717) is 12.4 Å². The van der Waals surface area contributed by atoms with Crippen molar-refractivity contribution in [3.63, 3.8) is 0 Å². The van der Waals surface area contributed by atoms with Crippen LogP contribution in [0, 0.1) is 29.6 Å². The standard InChI is InChI=1S/C17H24N2O/c18-17-2-1-11(8-19-17)9-20-10-16-14-4-12-3-13(6-14)7-15(16)5-12/h1-2,8,12-16H,3-7,9-10H2,(H2,18,19). The zero-order chi connectivity index (χ0) is 13.5. The van der Waals surface area contributed by atoms with Gasteiger partial charge in [0.1, 0.15) is 5.82 Å². The van der Waals surface area contributed by atoms with Crippen LogP contribution in [0.5, 0.6) is 0 Å². The van der Waals surface area contributed by atoms with Gasteiger partial charge in [-0.1, -0.05) is 6.07 Å². The molecule has 2 N–H and O–H groups in total. The van der Waals surface area contributed by atoms with Crippen LogP contribution in [-0.2, 0) is 11.3 Å². The van der Waals surface area contributed by atoms with E-state index in [1.165, 1.54) is 32.1 Å². The molecular weight excluding hydrogens is 248 g/mol. The van der Waals surface area contributed by atoms with E-state index >= 15 is 0 Å². The molecule has 0 radical (unpaired) electrons. The highest BCUT2D eigenvalue weighted by Crippen LogP contribution is 2.56. The summed E-state index contributed by atoms with van der Waals surface area (Å²) in [4.78, 5) is 4.12. The number of pyridine rings is 1. The van der Waals surface area contributed by atoms with Crippen LogP contribution >= 0.6 is 0 Å². The Bertz CT molecular complexity index is 442. The van der Waals surface area contributed by atoms with Crippen molar-refractivity contribution in [2.24, 2.45) is 29.6 Å². The third-order valence-corrected chi connectivity index (χ3v) is 5.85. The first kappa shape index (κ1) is 12.6. The van der Waals surface area contributed by atoms with E-state index in [-0.39, 0.29) is 0 Å². The van der Waals surface area contributed by atoms with Crippen molar-refractivity contribution in [3.05, 3.63) is 23.9 Å². The van der Waals surface area contributed by atoms with E-state index < -0.39 is 0 Å². The summed E-state index contributed by atoms with van der Waals surface area (Å²) in [6, 6.07) is 3.86. The lowest BCUT2D eigenvalue weighted by Crippen LogP contribution is -2.46. The van der Waals surface area contributed by atoms with Gasteiger partial charge in [0.25, 0.3) is 0 Å². The SMILES string of the molecule is Nc1ccc(COCC2C3CC4CC(C3)CC2C4)cn1. The summed E-state index contributed by atoms with van der Waals surface area (Å²) in [7, 11) is 0. The summed E-state index contributed by atoms with van der Waals surface area (Å²) in [6.07, 6.45) is 9.26. The van der Waals surface area contributed by atoms with Gasteiger partial charge in [-0.2, -0.15) is 0 Å². The van der Waals surface area contributed by atoms with Crippen LogP contribution < -0.4 is 5.73 Å². The Morgan fingerprint density at radius 2 is 1.75 bits per heavy atom.